The molecule has 1 rings (SSSR count). The number of amides is 1. The molecule has 0 saturated carbocycles. The predicted octanol–water partition coefficient (Wildman–Crippen LogP) is -0.377. The third-order valence-electron chi connectivity index (χ3n) is 1.81. The minimum atomic E-state index is -1.22. The maximum Gasteiger partial charge on any atom is 0.410 e. The molecule has 1 aliphatic heterocycles. The number of rotatable bonds is 5. The first-order valence-corrected chi connectivity index (χ1v) is 4.59. The van der Waals surface area contributed by atoms with Gasteiger partial charge in [0.25, 0.3) is 0 Å². The molecular weight excluding hydrogens is 218 g/mol. The van der Waals surface area contributed by atoms with Crippen LogP contribution in [0.5, 0.6) is 0 Å². The number of ether oxygens (including phenoxy) is 2. The molecule has 0 aromatic carbocycles. The van der Waals surface area contributed by atoms with Crippen molar-refractivity contribution in [2.24, 2.45) is 0 Å². The lowest BCUT2D eigenvalue weighted by atomic mass is 10.5. The van der Waals surface area contributed by atoms with E-state index in [0.717, 1.165) is 6.08 Å². The SMILES string of the molecule is O=C(O)C=CC(=O)OCCN1CCOC1=O. The summed E-state index contributed by atoms with van der Waals surface area (Å²) >= 11 is 0. The lowest BCUT2D eigenvalue weighted by molar-refractivity contribution is -0.139. The number of aliphatic carboxylic acids is 1. The van der Waals surface area contributed by atoms with Gasteiger partial charge in [0.05, 0.1) is 13.1 Å². The number of carbonyl (C=O) groups is 3. The van der Waals surface area contributed by atoms with E-state index in [4.69, 9.17) is 5.11 Å². The Morgan fingerprint density at radius 2 is 2.25 bits per heavy atom. The molecule has 88 valence electrons. The molecule has 0 aromatic heterocycles. The first-order chi connectivity index (χ1) is 7.59. The van der Waals surface area contributed by atoms with Crippen LogP contribution in [0.4, 0.5) is 4.79 Å². The quantitative estimate of drug-likeness (QED) is 0.510. The molecule has 0 radical (unpaired) electrons. The van der Waals surface area contributed by atoms with Crippen LogP contribution in [-0.2, 0) is 19.1 Å². The summed E-state index contributed by atoms with van der Waals surface area (Å²) in [5.41, 5.74) is 0. The smallest absolute Gasteiger partial charge is 0.410 e. The maximum absolute atomic E-state index is 10.9. The molecule has 7 nitrogen and oxygen atoms in total. The molecule has 16 heavy (non-hydrogen) atoms. The number of carboxylic acids is 1. The standard InChI is InChI=1S/C9H11NO6/c11-7(12)1-2-8(13)15-5-3-10-4-6-16-9(10)14/h1-2H,3-6H2,(H,11,12). The highest BCUT2D eigenvalue weighted by Crippen LogP contribution is 2.01. The van der Waals surface area contributed by atoms with Crippen molar-refractivity contribution in [3.8, 4) is 0 Å². The van der Waals surface area contributed by atoms with Crippen LogP contribution in [0.15, 0.2) is 12.2 Å². The van der Waals surface area contributed by atoms with Gasteiger partial charge in [-0.1, -0.05) is 0 Å². The van der Waals surface area contributed by atoms with Crippen LogP contribution in [0, 0.1) is 0 Å². The fourth-order valence-corrected chi connectivity index (χ4v) is 1.07. The Labute approximate surface area is 91.2 Å². The van der Waals surface area contributed by atoms with Gasteiger partial charge >= 0.3 is 18.0 Å². The molecular formula is C9H11NO6. The van der Waals surface area contributed by atoms with Crippen LogP contribution in [0.3, 0.4) is 0 Å². The summed E-state index contributed by atoms with van der Waals surface area (Å²) in [5, 5.41) is 8.23. The van der Waals surface area contributed by atoms with Crippen LogP contribution >= 0.6 is 0 Å². The van der Waals surface area contributed by atoms with Gasteiger partial charge in [-0.2, -0.15) is 0 Å². The fourth-order valence-electron chi connectivity index (χ4n) is 1.07. The highest BCUT2D eigenvalue weighted by atomic mass is 16.6. The van der Waals surface area contributed by atoms with E-state index < -0.39 is 18.0 Å². The van der Waals surface area contributed by atoms with Gasteiger partial charge in [0.1, 0.15) is 13.2 Å². The molecule has 1 aliphatic rings. The Hall–Kier alpha value is -2.05. The Bertz CT molecular complexity index is 324. The Kier molecular flexibility index (Phi) is 4.31. The van der Waals surface area contributed by atoms with Crippen molar-refractivity contribution >= 4 is 18.0 Å². The van der Waals surface area contributed by atoms with Gasteiger partial charge in [-0.3, -0.25) is 0 Å². The highest BCUT2D eigenvalue weighted by Gasteiger charge is 2.21. The summed E-state index contributed by atoms with van der Waals surface area (Å²) in [5.74, 6) is -1.98. The molecule has 0 atom stereocenters. The van der Waals surface area contributed by atoms with Gasteiger partial charge in [0.15, 0.2) is 0 Å². The van der Waals surface area contributed by atoms with Crippen molar-refractivity contribution < 1.29 is 29.0 Å². The first kappa shape index (κ1) is 12.0. The molecule has 7 heteroatoms. The van der Waals surface area contributed by atoms with Crippen LogP contribution in [-0.4, -0.2) is 54.3 Å². The van der Waals surface area contributed by atoms with Gasteiger partial charge in [-0.25, -0.2) is 14.4 Å². The van der Waals surface area contributed by atoms with E-state index >= 15 is 0 Å². The van der Waals surface area contributed by atoms with Gasteiger partial charge in [-0.05, 0) is 0 Å². The monoisotopic (exact) mass is 229 g/mol. The molecule has 0 unspecified atom stereocenters. The molecule has 1 heterocycles. The number of cyclic esters (lactones) is 1. The zero-order valence-corrected chi connectivity index (χ0v) is 8.42. The summed E-state index contributed by atoms with van der Waals surface area (Å²) in [7, 11) is 0. The second kappa shape index (κ2) is 5.74. The van der Waals surface area contributed by atoms with Gasteiger partial charge < -0.3 is 19.5 Å². The van der Waals surface area contributed by atoms with E-state index in [1.54, 1.807) is 0 Å². The Balaban J connectivity index is 2.17. The zero-order chi connectivity index (χ0) is 12.0. The minimum Gasteiger partial charge on any atom is -0.478 e. The molecule has 1 saturated heterocycles. The average Bonchev–Trinajstić information content (AvgIpc) is 2.61. The maximum atomic E-state index is 10.9. The average molecular weight is 229 g/mol. The molecule has 0 aromatic rings. The number of hydrogen-bond acceptors (Lipinski definition) is 5. The predicted molar refractivity (Wildman–Crippen MR) is 50.7 cm³/mol. The third-order valence-corrected chi connectivity index (χ3v) is 1.81. The lowest BCUT2D eigenvalue weighted by Crippen LogP contribution is -2.28. The normalized spacial score (nSPS) is 15.2. The van der Waals surface area contributed by atoms with Crippen molar-refractivity contribution in [1.82, 2.24) is 4.90 Å². The molecule has 0 aliphatic carbocycles. The van der Waals surface area contributed by atoms with Crippen molar-refractivity contribution in [2.75, 3.05) is 26.3 Å². The fraction of sp³-hybridized carbons (Fsp3) is 0.444. The number of hydrogen-bond donors (Lipinski definition) is 1. The summed E-state index contributed by atoms with van der Waals surface area (Å²) < 4.78 is 9.32. The second-order valence-corrected chi connectivity index (χ2v) is 2.94. The van der Waals surface area contributed by atoms with E-state index in [-0.39, 0.29) is 13.2 Å². The topological polar surface area (TPSA) is 93.1 Å². The molecule has 1 N–H and O–H groups in total. The Morgan fingerprint density at radius 1 is 1.50 bits per heavy atom. The summed E-state index contributed by atoms with van der Waals surface area (Å²) in [6.45, 7) is 1.07. The van der Waals surface area contributed by atoms with E-state index in [2.05, 4.69) is 9.47 Å². The molecule has 1 fully saturated rings. The van der Waals surface area contributed by atoms with Gasteiger partial charge in [0, 0.05) is 12.2 Å². The van der Waals surface area contributed by atoms with Crippen LogP contribution in [0.1, 0.15) is 0 Å². The van der Waals surface area contributed by atoms with Crippen LogP contribution < -0.4 is 0 Å². The minimum absolute atomic E-state index is 0.0118. The van der Waals surface area contributed by atoms with E-state index in [1.165, 1.54) is 4.90 Å². The number of esters is 1. The first-order valence-electron chi connectivity index (χ1n) is 4.59. The summed E-state index contributed by atoms with van der Waals surface area (Å²) in [6, 6.07) is 0. The lowest BCUT2D eigenvalue weighted by Gasteiger charge is -2.11. The third kappa shape index (κ3) is 3.99. The van der Waals surface area contributed by atoms with E-state index in [9.17, 15) is 14.4 Å². The Morgan fingerprint density at radius 3 is 2.81 bits per heavy atom. The molecule has 1 amide bonds. The summed E-state index contributed by atoms with van der Waals surface area (Å²) in [4.78, 5) is 33.3. The number of nitrogens with zero attached hydrogens (tertiary/aromatic N) is 1. The van der Waals surface area contributed by atoms with E-state index in [0.29, 0.717) is 19.2 Å². The number of carbonyl (C=O) groups excluding carboxylic acids is 2. The van der Waals surface area contributed by atoms with E-state index in [1.807, 2.05) is 0 Å². The molecule has 0 bridgehead atoms. The van der Waals surface area contributed by atoms with Crippen molar-refractivity contribution in [3.63, 3.8) is 0 Å². The second-order valence-electron chi connectivity index (χ2n) is 2.94. The summed E-state index contributed by atoms with van der Waals surface area (Å²) in [6.07, 6.45) is 1.06. The van der Waals surface area contributed by atoms with Crippen LogP contribution in [0.2, 0.25) is 0 Å². The van der Waals surface area contributed by atoms with Crippen LogP contribution in [0.25, 0.3) is 0 Å². The number of carboxylic acid groups (broad SMARTS) is 1. The van der Waals surface area contributed by atoms with Gasteiger partial charge in [-0.15, -0.1) is 0 Å². The van der Waals surface area contributed by atoms with Crippen molar-refractivity contribution in [2.45, 2.75) is 0 Å². The van der Waals surface area contributed by atoms with Gasteiger partial charge in [0.2, 0.25) is 0 Å². The molecule has 0 spiro atoms. The largest absolute Gasteiger partial charge is 0.478 e. The highest BCUT2D eigenvalue weighted by molar-refractivity contribution is 5.90. The van der Waals surface area contributed by atoms with Crippen molar-refractivity contribution in [3.05, 3.63) is 12.2 Å². The zero-order valence-electron chi connectivity index (χ0n) is 8.42. The van der Waals surface area contributed by atoms with Crippen molar-refractivity contribution in [1.29, 1.82) is 0 Å².